The zero-order valence-electron chi connectivity index (χ0n) is 26.8. The monoisotopic (exact) mass is 773 g/mol. The summed E-state index contributed by atoms with van der Waals surface area (Å²) in [5.41, 5.74) is 10.9. The molecular weight excluding hydrogens is 736 g/mol. The summed E-state index contributed by atoms with van der Waals surface area (Å²) in [5, 5.41) is 0. The predicted molar refractivity (Wildman–Crippen MR) is 178 cm³/mol. The van der Waals surface area contributed by atoms with Crippen molar-refractivity contribution in [3.63, 3.8) is 0 Å². The van der Waals surface area contributed by atoms with Crippen molar-refractivity contribution in [1.82, 2.24) is 19.1 Å². The number of benzene rings is 4. The van der Waals surface area contributed by atoms with E-state index in [2.05, 4.69) is 106 Å². The van der Waals surface area contributed by atoms with Gasteiger partial charge in [-0.15, -0.1) is 59.7 Å². The number of imidazole rings is 2. The Morgan fingerprint density at radius 3 is 2.07 bits per heavy atom. The first-order valence-electron chi connectivity index (χ1n) is 15.2. The molecule has 4 aromatic carbocycles. The summed E-state index contributed by atoms with van der Waals surface area (Å²) >= 11 is 0. The third-order valence-electron chi connectivity index (χ3n) is 7.99. The van der Waals surface area contributed by atoms with Gasteiger partial charge < -0.3 is 9.30 Å². The van der Waals surface area contributed by atoms with E-state index in [4.69, 9.17) is 14.7 Å². The first kappa shape index (κ1) is 32.2. The average Bonchev–Trinajstić information content (AvgIpc) is 3.65. The van der Waals surface area contributed by atoms with Crippen molar-refractivity contribution >= 4 is 0 Å². The van der Waals surface area contributed by atoms with Crippen molar-refractivity contribution in [1.29, 1.82) is 0 Å². The van der Waals surface area contributed by atoms with Crippen LogP contribution in [0.4, 0.5) is 0 Å². The minimum atomic E-state index is 0. The van der Waals surface area contributed by atoms with Crippen LogP contribution in [-0.2, 0) is 21.1 Å². The first-order valence-corrected chi connectivity index (χ1v) is 15.2. The van der Waals surface area contributed by atoms with Crippen molar-refractivity contribution in [2.45, 2.75) is 60.3 Å². The van der Waals surface area contributed by atoms with E-state index >= 15 is 0 Å². The molecule has 45 heavy (non-hydrogen) atoms. The molecule has 0 aliphatic rings. The molecule has 0 aliphatic carbocycles. The Morgan fingerprint density at radius 1 is 0.756 bits per heavy atom. The Balaban J connectivity index is 0.00000400. The van der Waals surface area contributed by atoms with Gasteiger partial charge >= 0.3 is 21.1 Å². The van der Waals surface area contributed by atoms with E-state index in [-0.39, 0.29) is 21.1 Å². The number of hydrogen-bond donors (Lipinski definition) is 0. The molecule has 2 aromatic heterocycles. The van der Waals surface area contributed by atoms with Gasteiger partial charge in [-0.05, 0) is 61.1 Å². The summed E-state index contributed by atoms with van der Waals surface area (Å²) in [6, 6.07) is 32.0. The van der Waals surface area contributed by atoms with E-state index in [1.54, 1.807) is 0 Å². The molecule has 0 spiro atoms. The van der Waals surface area contributed by atoms with Crippen LogP contribution in [0.3, 0.4) is 0 Å². The Labute approximate surface area is 281 Å². The third-order valence-corrected chi connectivity index (χ3v) is 7.99. The Bertz CT molecular complexity index is 1890. The quantitative estimate of drug-likeness (QED) is 0.145. The minimum absolute atomic E-state index is 0. The van der Waals surface area contributed by atoms with Crippen molar-refractivity contribution in [2.24, 2.45) is 0 Å². The van der Waals surface area contributed by atoms with Gasteiger partial charge in [-0.2, -0.15) is 0 Å². The van der Waals surface area contributed by atoms with Gasteiger partial charge in [0.2, 0.25) is 0 Å². The standard InChI is InChI=1S/C39H38N4O.Pt/c1-25(2)33-21-27(5)22-34(26(3)4)37(33)43-24-35(30-15-9-8-10-16-30)41-39(43)44-32-18-12-17-31(23-32)38-40-19-20-42(38)36-28(6)13-11-14-29(36)7;/h8-15,17-22,24-26H,1-7H3;/q-2;+2. The molecule has 0 bridgehead atoms. The Morgan fingerprint density at radius 2 is 1.42 bits per heavy atom. The fourth-order valence-electron chi connectivity index (χ4n) is 5.88. The second kappa shape index (κ2) is 13.4. The number of nitrogens with zero attached hydrogens (tertiary/aromatic N) is 4. The number of hydrogen-bond acceptors (Lipinski definition) is 3. The molecule has 230 valence electrons. The van der Waals surface area contributed by atoms with Crippen LogP contribution in [0.1, 0.15) is 67.3 Å². The van der Waals surface area contributed by atoms with Crippen LogP contribution in [0.15, 0.2) is 91.4 Å². The van der Waals surface area contributed by atoms with E-state index in [0.717, 1.165) is 34.0 Å². The van der Waals surface area contributed by atoms with Crippen LogP contribution in [0.2, 0.25) is 0 Å². The number of ether oxygens (including phenoxy) is 1. The molecule has 6 heteroatoms. The van der Waals surface area contributed by atoms with Crippen LogP contribution >= 0.6 is 0 Å². The molecule has 5 nitrogen and oxygen atoms in total. The minimum Gasteiger partial charge on any atom is -0.446 e. The Kier molecular flexibility index (Phi) is 9.60. The number of para-hydroxylation sites is 1. The fourth-order valence-corrected chi connectivity index (χ4v) is 5.88. The normalized spacial score (nSPS) is 11.2. The van der Waals surface area contributed by atoms with Crippen molar-refractivity contribution in [2.75, 3.05) is 0 Å². The second-order valence-corrected chi connectivity index (χ2v) is 12.0. The molecule has 0 saturated heterocycles. The Hall–Kier alpha value is -4.21. The molecule has 6 rings (SSSR count). The van der Waals surface area contributed by atoms with Crippen molar-refractivity contribution in [3.05, 3.63) is 131 Å². The molecule has 2 heterocycles. The van der Waals surface area contributed by atoms with Crippen molar-refractivity contribution in [3.8, 4) is 45.8 Å². The van der Waals surface area contributed by atoms with Gasteiger partial charge in [0.1, 0.15) is 0 Å². The van der Waals surface area contributed by atoms with Crippen LogP contribution in [0, 0.1) is 32.9 Å². The largest absolute Gasteiger partial charge is 2.00 e. The zero-order valence-corrected chi connectivity index (χ0v) is 29.1. The number of aryl methyl sites for hydroxylation is 3. The number of rotatable bonds is 8. The van der Waals surface area contributed by atoms with Gasteiger partial charge in [-0.1, -0.05) is 69.7 Å². The second-order valence-electron chi connectivity index (χ2n) is 12.0. The molecule has 0 N–H and O–H groups in total. The summed E-state index contributed by atoms with van der Waals surface area (Å²) in [7, 11) is 0. The van der Waals surface area contributed by atoms with Crippen LogP contribution < -0.4 is 4.74 Å². The van der Waals surface area contributed by atoms with Gasteiger partial charge in [0.15, 0.2) is 0 Å². The predicted octanol–water partition coefficient (Wildman–Crippen LogP) is 9.95. The van der Waals surface area contributed by atoms with Gasteiger partial charge in [-0.3, -0.25) is 9.55 Å². The van der Waals surface area contributed by atoms with Crippen LogP contribution in [0.25, 0.3) is 34.0 Å². The smallest absolute Gasteiger partial charge is 0.446 e. The summed E-state index contributed by atoms with van der Waals surface area (Å²) in [6.45, 7) is 15.4. The van der Waals surface area contributed by atoms with Gasteiger partial charge in [0, 0.05) is 29.5 Å². The third kappa shape index (κ3) is 6.46. The summed E-state index contributed by atoms with van der Waals surface area (Å²) in [6.07, 6.45) is 5.90. The maximum atomic E-state index is 6.64. The van der Waals surface area contributed by atoms with Crippen LogP contribution in [-0.4, -0.2) is 19.1 Å². The molecule has 0 radical (unpaired) electrons. The molecule has 0 fully saturated rings. The molecule has 0 amide bonds. The maximum absolute atomic E-state index is 6.64. The SMILES string of the molecule is Cc1cc(C(C)C)c(-n2cc(-c3[c-]cccc3)nc2Oc2[c-]c(-c3nccn3-c3c(C)cccc3C)ccc2)c(C(C)C)c1.[Pt+2]. The molecular formula is C39H38N4OPt. The summed E-state index contributed by atoms with van der Waals surface area (Å²) in [4.78, 5) is 9.75. The summed E-state index contributed by atoms with van der Waals surface area (Å²) < 4.78 is 10.9. The van der Waals surface area contributed by atoms with Gasteiger partial charge in [0.05, 0.1) is 11.5 Å². The van der Waals surface area contributed by atoms with E-state index in [9.17, 15) is 0 Å². The molecule has 0 atom stereocenters. The van der Waals surface area contributed by atoms with E-state index in [0.29, 0.717) is 23.6 Å². The van der Waals surface area contributed by atoms with E-state index in [1.165, 1.54) is 27.8 Å². The van der Waals surface area contributed by atoms with Crippen molar-refractivity contribution < 1.29 is 25.8 Å². The van der Waals surface area contributed by atoms with E-state index in [1.807, 2.05) is 54.9 Å². The topological polar surface area (TPSA) is 44.9 Å². The van der Waals surface area contributed by atoms with E-state index < -0.39 is 0 Å². The molecule has 0 saturated carbocycles. The molecule has 0 unspecified atom stereocenters. The zero-order chi connectivity index (χ0) is 31.0. The molecule has 0 aliphatic heterocycles. The average molecular weight is 774 g/mol. The fraction of sp³-hybridized carbons (Fsp3) is 0.231. The van der Waals surface area contributed by atoms with Gasteiger partial charge in [-0.25, -0.2) is 4.98 Å². The molecule has 6 aromatic rings. The number of aromatic nitrogens is 4. The van der Waals surface area contributed by atoms with Gasteiger partial charge in [0.25, 0.3) is 6.01 Å². The maximum Gasteiger partial charge on any atom is 2.00 e. The van der Waals surface area contributed by atoms with Crippen LogP contribution in [0.5, 0.6) is 11.8 Å². The first-order chi connectivity index (χ1) is 21.2. The summed E-state index contributed by atoms with van der Waals surface area (Å²) in [5.74, 6) is 1.99.